The van der Waals surface area contributed by atoms with E-state index < -0.39 is 0 Å². The molecule has 2 rings (SSSR count). The second-order valence-corrected chi connectivity index (χ2v) is 5.68. The van der Waals surface area contributed by atoms with Gasteiger partial charge in [-0.15, -0.1) is 0 Å². The highest BCUT2D eigenvalue weighted by Crippen LogP contribution is 2.26. The number of rotatable bonds is 4. The number of anilines is 1. The third kappa shape index (κ3) is 3.67. The Morgan fingerprint density at radius 3 is 2.53 bits per heavy atom. The van der Waals surface area contributed by atoms with E-state index >= 15 is 0 Å². The Kier molecular flexibility index (Phi) is 4.77. The summed E-state index contributed by atoms with van der Waals surface area (Å²) in [5, 5.41) is 0. The van der Waals surface area contributed by atoms with Crippen molar-refractivity contribution in [3.63, 3.8) is 0 Å². The number of hydrogen-bond acceptors (Lipinski definition) is 3. The van der Waals surface area contributed by atoms with Gasteiger partial charge in [0, 0.05) is 26.2 Å². The quantitative estimate of drug-likeness (QED) is 0.904. The van der Waals surface area contributed by atoms with Gasteiger partial charge in [-0.05, 0) is 50.6 Å². The Balaban J connectivity index is 1.97. The van der Waals surface area contributed by atoms with E-state index in [0.29, 0.717) is 6.54 Å². The number of piperidine rings is 1. The first-order chi connectivity index (χ1) is 9.10. The molecule has 19 heavy (non-hydrogen) atoms. The predicted molar refractivity (Wildman–Crippen MR) is 77.8 cm³/mol. The van der Waals surface area contributed by atoms with Crippen LogP contribution in [0.5, 0.6) is 0 Å². The van der Waals surface area contributed by atoms with E-state index in [1.54, 1.807) is 6.07 Å². The second-order valence-electron chi connectivity index (χ2n) is 5.68. The van der Waals surface area contributed by atoms with Gasteiger partial charge in [-0.3, -0.25) is 0 Å². The van der Waals surface area contributed by atoms with Gasteiger partial charge in [-0.25, -0.2) is 4.39 Å². The minimum Gasteiger partial charge on any atom is -0.369 e. The largest absolute Gasteiger partial charge is 0.369 e. The van der Waals surface area contributed by atoms with Crippen LogP contribution in [-0.2, 0) is 6.54 Å². The van der Waals surface area contributed by atoms with Gasteiger partial charge in [0.1, 0.15) is 5.82 Å². The van der Waals surface area contributed by atoms with E-state index in [9.17, 15) is 4.39 Å². The van der Waals surface area contributed by atoms with Crippen LogP contribution >= 0.6 is 0 Å². The van der Waals surface area contributed by atoms with E-state index in [1.807, 2.05) is 12.1 Å². The van der Waals surface area contributed by atoms with Gasteiger partial charge in [0.2, 0.25) is 0 Å². The van der Waals surface area contributed by atoms with E-state index in [0.717, 1.165) is 49.6 Å². The van der Waals surface area contributed by atoms with E-state index in [-0.39, 0.29) is 5.82 Å². The van der Waals surface area contributed by atoms with Crippen LogP contribution in [0.4, 0.5) is 10.1 Å². The average molecular weight is 265 g/mol. The molecular weight excluding hydrogens is 241 g/mol. The molecule has 1 aromatic rings. The number of nitrogens with zero attached hydrogens (tertiary/aromatic N) is 2. The Morgan fingerprint density at radius 1 is 1.32 bits per heavy atom. The van der Waals surface area contributed by atoms with E-state index in [4.69, 9.17) is 5.73 Å². The first kappa shape index (κ1) is 14.3. The molecule has 106 valence electrons. The van der Waals surface area contributed by atoms with Crippen LogP contribution in [0.3, 0.4) is 0 Å². The maximum Gasteiger partial charge on any atom is 0.146 e. The highest BCUT2D eigenvalue weighted by atomic mass is 19.1. The first-order valence-electron chi connectivity index (χ1n) is 6.98. The number of hydrogen-bond donors (Lipinski definition) is 1. The van der Waals surface area contributed by atoms with Gasteiger partial charge in [0.15, 0.2) is 0 Å². The van der Waals surface area contributed by atoms with Crippen molar-refractivity contribution in [2.45, 2.75) is 19.4 Å². The first-order valence-corrected chi connectivity index (χ1v) is 6.98. The number of halogens is 1. The summed E-state index contributed by atoms with van der Waals surface area (Å²) in [5.74, 6) is 0.589. The molecule has 0 amide bonds. The van der Waals surface area contributed by atoms with Gasteiger partial charge >= 0.3 is 0 Å². The standard InChI is InChI=1S/C15H24FN3/c1-18(2)11-12-5-7-19(8-6-12)15-4-3-13(10-17)9-14(15)16/h3-4,9,12H,5-8,10-11,17H2,1-2H3. The number of nitrogens with two attached hydrogens (primary N) is 1. The Bertz CT molecular complexity index is 412. The van der Waals surface area contributed by atoms with Crippen LogP contribution in [0.2, 0.25) is 0 Å². The Morgan fingerprint density at radius 2 is 2.00 bits per heavy atom. The van der Waals surface area contributed by atoms with Gasteiger partial charge in [0.25, 0.3) is 0 Å². The maximum atomic E-state index is 14.0. The normalized spacial score (nSPS) is 17.2. The summed E-state index contributed by atoms with van der Waals surface area (Å²) < 4.78 is 14.0. The maximum absolute atomic E-state index is 14.0. The minimum atomic E-state index is -0.144. The van der Waals surface area contributed by atoms with Crippen LogP contribution < -0.4 is 10.6 Å². The van der Waals surface area contributed by atoms with Crippen molar-refractivity contribution in [1.29, 1.82) is 0 Å². The van der Waals surface area contributed by atoms with Crippen molar-refractivity contribution >= 4 is 5.69 Å². The zero-order chi connectivity index (χ0) is 13.8. The molecule has 0 aliphatic carbocycles. The summed E-state index contributed by atoms with van der Waals surface area (Å²) in [7, 11) is 4.22. The molecule has 1 fully saturated rings. The lowest BCUT2D eigenvalue weighted by Gasteiger charge is -2.34. The smallest absolute Gasteiger partial charge is 0.146 e. The predicted octanol–water partition coefficient (Wildman–Crippen LogP) is 2.06. The van der Waals surface area contributed by atoms with Crippen molar-refractivity contribution in [3.8, 4) is 0 Å². The molecule has 1 saturated heterocycles. The van der Waals surface area contributed by atoms with Crippen molar-refractivity contribution in [3.05, 3.63) is 29.6 Å². The summed E-state index contributed by atoms with van der Waals surface area (Å²) >= 11 is 0. The highest BCUT2D eigenvalue weighted by molar-refractivity contribution is 5.49. The van der Waals surface area contributed by atoms with Gasteiger partial charge in [-0.1, -0.05) is 6.07 Å². The van der Waals surface area contributed by atoms with Crippen molar-refractivity contribution in [2.24, 2.45) is 11.7 Å². The number of benzene rings is 1. The lowest BCUT2D eigenvalue weighted by Crippen LogP contribution is -2.37. The van der Waals surface area contributed by atoms with Gasteiger partial charge < -0.3 is 15.5 Å². The van der Waals surface area contributed by atoms with Crippen LogP contribution in [0.15, 0.2) is 18.2 Å². The van der Waals surface area contributed by atoms with Gasteiger partial charge in [-0.2, -0.15) is 0 Å². The zero-order valence-electron chi connectivity index (χ0n) is 11.9. The Labute approximate surface area is 115 Å². The van der Waals surface area contributed by atoms with E-state index in [2.05, 4.69) is 23.9 Å². The molecular formula is C15H24FN3. The molecule has 1 heterocycles. The molecule has 0 aromatic heterocycles. The molecule has 0 radical (unpaired) electrons. The minimum absolute atomic E-state index is 0.144. The monoisotopic (exact) mass is 265 g/mol. The fraction of sp³-hybridized carbons (Fsp3) is 0.600. The average Bonchev–Trinajstić information content (AvgIpc) is 2.39. The molecule has 0 atom stereocenters. The fourth-order valence-corrected chi connectivity index (χ4v) is 2.81. The molecule has 2 N–H and O–H groups in total. The van der Waals surface area contributed by atoms with Gasteiger partial charge in [0.05, 0.1) is 5.69 Å². The SMILES string of the molecule is CN(C)CC1CCN(c2ccc(CN)cc2F)CC1. The van der Waals surface area contributed by atoms with Crippen molar-refractivity contribution in [2.75, 3.05) is 38.6 Å². The molecule has 1 aromatic carbocycles. The molecule has 1 aliphatic heterocycles. The third-order valence-corrected chi connectivity index (χ3v) is 3.83. The zero-order valence-corrected chi connectivity index (χ0v) is 11.9. The van der Waals surface area contributed by atoms with Crippen LogP contribution in [0.1, 0.15) is 18.4 Å². The lowest BCUT2D eigenvalue weighted by molar-refractivity contribution is 0.284. The Hall–Kier alpha value is -1.13. The summed E-state index contributed by atoms with van der Waals surface area (Å²) in [6, 6.07) is 5.34. The summed E-state index contributed by atoms with van der Waals surface area (Å²) in [6.07, 6.45) is 2.27. The topological polar surface area (TPSA) is 32.5 Å². The van der Waals surface area contributed by atoms with Crippen LogP contribution in [0.25, 0.3) is 0 Å². The fourth-order valence-electron chi connectivity index (χ4n) is 2.81. The summed E-state index contributed by atoms with van der Waals surface area (Å²) in [6.45, 7) is 3.40. The summed E-state index contributed by atoms with van der Waals surface area (Å²) in [4.78, 5) is 4.39. The van der Waals surface area contributed by atoms with Crippen molar-refractivity contribution < 1.29 is 4.39 Å². The molecule has 0 saturated carbocycles. The van der Waals surface area contributed by atoms with Crippen molar-refractivity contribution in [1.82, 2.24) is 4.90 Å². The highest BCUT2D eigenvalue weighted by Gasteiger charge is 2.21. The molecule has 4 heteroatoms. The lowest BCUT2D eigenvalue weighted by atomic mass is 9.96. The van der Waals surface area contributed by atoms with E-state index in [1.165, 1.54) is 0 Å². The van der Waals surface area contributed by atoms with Crippen LogP contribution in [-0.4, -0.2) is 38.6 Å². The molecule has 0 spiro atoms. The molecule has 0 unspecified atom stereocenters. The molecule has 3 nitrogen and oxygen atoms in total. The van der Waals surface area contributed by atoms with Crippen LogP contribution in [0, 0.1) is 11.7 Å². The molecule has 1 aliphatic rings. The summed E-state index contributed by atoms with van der Waals surface area (Å²) in [5.41, 5.74) is 7.10. The third-order valence-electron chi connectivity index (χ3n) is 3.83. The molecule has 0 bridgehead atoms. The second kappa shape index (κ2) is 6.35.